The molecule has 1 unspecified atom stereocenters. The molecule has 3 nitrogen and oxygen atoms in total. The first-order valence-electron chi connectivity index (χ1n) is 10.3. The fourth-order valence-corrected chi connectivity index (χ4v) is 3.71. The van der Waals surface area contributed by atoms with Gasteiger partial charge in [-0.15, -0.1) is 0 Å². The molecule has 0 radical (unpaired) electrons. The Hall–Kier alpha value is -2.53. The van der Waals surface area contributed by atoms with E-state index in [-0.39, 0.29) is 5.82 Å². The molecule has 3 aromatic rings. The van der Waals surface area contributed by atoms with E-state index in [1.54, 1.807) is 12.1 Å². The number of benzene rings is 3. The van der Waals surface area contributed by atoms with E-state index in [4.69, 9.17) is 4.74 Å². The van der Waals surface area contributed by atoms with Gasteiger partial charge in [0.2, 0.25) is 0 Å². The van der Waals surface area contributed by atoms with Crippen LogP contribution in [0.3, 0.4) is 0 Å². The Labute approximate surface area is 178 Å². The summed E-state index contributed by atoms with van der Waals surface area (Å²) in [7, 11) is 4.03. The third-order valence-corrected chi connectivity index (χ3v) is 5.30. The lowest BCUT2D eigenvalue weighted by molar-refractivity contribution is 0.0593. The van der Waals surface area contributed by atoms with Gasteiger partial charge in [-0.25, -0.2) is 4.39 Å². The minimum atomic E-state index is -1.21. The van der Waals surface area contributed by atoms with Gasteiger partial charge in [-0.1, -0.05) is 66.7 Å². The molecular formula is C26H30FNO2. The Morgan fingerprint density at radius 1 is 0.867 bits per heavy atom. The minimum absolute atomic E-state index is 0.311. The molecule has 1 atom stereocenters. The minimum Gasteiger partial charge on any atom is -0.380 e. The van der Waals surface area contributed by atoms with Crippen molar-refractivity contribution in [3.63, 3.8) is 0 Å². The molecule has 0 fully saturated rings. The molecule has 0 aliphatic rings. The van der Waals surface area contributed by atoms with Gasteiger partial charge in [-0.3, -0.25) is 0 Å². The zero-order valence-electron chi connectivity index (χ0n) is 17.7. The summed E-state index contributed by atoms with van der Waals surface area (Å²) in [5, 5.41) is 11.9. The largest absolute Gasteiger partial charge is 0.380 e. The molecule has 0 amide bonds. The van der Waals surface area contributed by atoms with Gasteiger partial charge < -0.3 is 14.7 Å². The average Bonchev–Trinajstić information content (AvgIpc) is 2.75. The van der Waals surface area contributed by atoms with Crippen molar-refractivity contribution in [1.82, 2.24) is 4.90 Å². The first kappa shape index (κ1) is 22.2. The fourth-order valence-electron chi connectivity index (χ4n) is 3.71. The molecule has 0 bridgehead atoms. The Morgan fingerprint density at radius 2 is 1.53 bits per heavy atom. The number of rotatable bonds is 10. The number of nitrogens with zero attached hydrogens (tertiary/aromatic N) is 1. The van der Waals surface area contributed by atoms with Crippen LogP contribution in [0.4, 0.5) is 4.39 Å². The highest BCUT2D eigenvalue weighted by molar-refractivity contribution is 5.41. The van der Waals surface area contributed by atoms with E-state index in [1.807, 2.05) is 68.7 Å². The molecule has 30 heavy (non-hydrogen) atoms. The van der Waals surface area contributed by atoms with Crippen molar-refractivity contribution in [3.05, 3.63) is 107 Å². The van der Waals surface area contributed by atoms with Crippen LogP contribution in [0.1, 0.15) is 35.1 Å². The summed E-state index contributed by atoms with van der Waals surface area (Å²) in [5.41, 5.74) is 2.33. The van der Waals surface area contributed by atoms with Crippen LogP contribution in [0.5, 0.6) is 0 Å². The molecule has 1 N–H and O–H groups in total. The van der Waals surface area contributed by atoms with Crippen molar-refractivity contribution in [2.45, 2.75) is 31.7 Å². The van der Waals surface area contributed by atoms with E-state index in [9.17, 15) is 9.50 Å². The summed E-state index contributed by atoms with van der Waals surface area (Å²) in [4.78, 5) is 2.10. The van der Waals surface area contributed by atoms with Crippen molar-refractivity contribution < 1.29 is 14.2 Å². The molecule has 0 saturated heterocycles. The highest BCUT2D eigenvalue weighted by Gasteiger charge is 2.33. The van der Waals surface area contributed by atoms with E-state index in [0.717, 1.165) is 29.7 Å². The summed E-state index contributed by atoms with van der Waals surface area (Å²) in [6.07, 6.45) is 1.34. The van der Waals surface area contributed by atoms with E-state index in [0.29, 0.717) is 25.2 Å². The fraction of sp³-hybridized carbons (Fsp3) is 0.308. The molecule has 3 aromatic carbocycles. The maximum absolute atomic E-state index is 13.5. The van der Waals surface area contributed by atoms with Gasteiger partial charge in [0.15, 0.2) is 0 Å². The quantitative estimate of drug-likeness (QED) is 0.506. The topological polar surface area (TPSA) is 32.7 Å². The van der Waals surface area contributed by atoms with Crippen LogP contribution >= 0.6 is 0 Å². The van der Waals surface area contributed by atoms with E-state index >= 15 is 0 Å². The first-order valence-corrected chi connectivity index (χ1v) is 10.3. The number of ether oxygens (including phenoxy) is 1. The van der Waals surface area contributed by atoms with E-state index in [1.165, 1.54) is 12.1 Å². The summed E-state index contributed by atoms with van der Waals surface area (Å²) in [5.74, 6) is -0.311. The third-order valence-electron chi connectivity index (χ3n) is 5.30. The van der Waals surface area contributed by atoms with E-state index in [2.05, 4.69) is 4.90 Å². The van der Waals surface area contributed by atoms with Crippen LogP contribution in [0.2, 0.25) is 0 Å². The van der Waals surface area contributed by atoms with Crippen molar-refractivity contribution in [1.29, 1.82) is 0 Å². The predicted octanol–water partition coefficient (Wildman–Crippen LogP) is 5.12. The molecule has 0 heterocycles. The summed E-state index contributed by atoms with van der Waals surface area (Å²) < 4.78 is 19.5. The van der Waals surface area contributed by atoms with Gasteiger partial charge in [-0.2, -0.15) is 0 Å². The second kappa shape index (κ2) is 10.5. The first-order chi connectivity index (χ1) is 14.5. The summed E-state index contributed by atoms with van der Waals surface area (Å²) in [6.45, 7) is 1.75. The molecule has 0 aliphatic carbocycles. The van der Waals surface area contributed by atoms with Crippen LogP contribution in [-0.4, -0.2) is 30.6 Å². The van der Waals surface area contributed by atoms with Gasteiger partial charge in [0, 0.05) is 0 Å². The smallest absolute Gasteiger partial charge is 0.123 e. The van der Waals surface area contributed by atoms with Crippen molar-refractivity contribution in [3.8, 4) is 0 Å². The SMILES string of the molecule is CN(C)CCCC(O)(c1ccc(F)cc1)c1ccccc1COCc1ccccc1. The molecular weight excluding hydrogens is 377 g/mol. The highest BCUT2D eigenvalue weighted by atomic mass is 19.1. The van der Waals surface area contributed by atoms with Gasteiger partial charge in [0.05, 0.1) is 13.2 Å². The van der Waals surface area contributed by atoms with Crippen LogP contribution in [0.25, 0.3) is 0 Å². The zero-order valence-corrected chi connectivity index (χ0v) is 17.7. The van der Waals surface area contributed by atoms with E-state index < -0.39 is 5.60 Å². The zero-order chi connectivity index (χ0) is 21.4. The lowest BCUT2D eigenvalue weighted by atomic mass is 9.80. The van der Waals surface area contributed by atoms with Crippen LogP contribution in [0.15, 0.2) is 78.9 Å². The van der Waals surface area contributed by atoms with Crippen LogP contribution in [0, 0.1) is 5.82 Å². The molecule has 0 aliphatic heterocycles. The Balaban J connectivity index is 1.86. The number of aliphatic hydroxyl groups is 1. The number of hydrogen-bond donors (Lipinski definition) is 1. The van der Waals surface area contributed by atoms with Crippen LogP contribution < -0.4 is 0 Å². The highest BCUT2D eigenvalue weighted by Crippen LogP contribution is 2.36. The maximum atomic E-state index is 13.5. The molecule has 0 saturated carbocycles. The average molecular weight is 408 g/mol. The lowest BCUT2D eigenvalue weighted by Gasteiger charge is -2.32. The van der Waals surface area contributed by atoms with Crippen LogP contribution in [-0.2, 0) is 23.6 Å². The summed E-state index contributed by atoms with van der Waals surface area (Å²) in [6, 6.07) is 24.0. The molecule has 158 valence electrons. The second-order valence-corrected chi connectivity index (χ2v) is 7.91. The van der Waals surface area contributed by atoms with Gasteiger partial charge in [0.1, 0.15) is 11.4 Å². The normalized spacial score (nSPS) is 13.4. The second-order valence-electron chi connectivity index (χ2n) is 7.91. The predicted molar refractivity (Wildman–Crippen MR) is 119 cm³/mol. The number of halogens is 1. The molecule has 0 aromatic heterocycles. The monoisotopic (exact) mass is 407 g/mol. The molecule has 4 heteroatoms. The van der Waals surface area contributed by atoms with Crippen molar-refractivity contribution in [2.24, 2.45) is 0 Å². The van der Waals surface area contributed by atoms with Gasteiger partial charge in [0.25, 0.3) is 0 Å². The molecule has 3 rings (SSSR count). The standard InChI is InChI=1S/C26H30FNO2/c1-28(2)18-8-17-26(29,23-13-15-24(27)16-14-23)25-12-7-6-11-22(25)20-30-19-21-9-4-3-5-10-21/h3-7,9-16,29H,8,17-20H2,1-2H3. The lowest BCUT2D eigenvalue weighted by Crippen LogP contribution is -2.30. The molecule has 0 spiro atoms. The van der Waals surface area contributed by atoms with Gasteiger partial charge in [-0.05, 0) is 67.9 Å². The Kier molecular flexibility index (Phi) is 7.75. The Bertz CT molecular complexity index is 912. The summed E-state index contributed by atoms with van der Waals surface area (Å²) >= 11 is 0. The number of hydrogen-bond acceptors (Lipinski definition) is 3. The Morgan fingerprint density at radius 3 is 2.23 bits per heavy atom. The maximum Gasteiger partial charge on any atom is 0.123 e. The van der Waals surface area contributed by atoms with Gasteiger partial charge >= 0.3 is 0 Å². The van der Waals surface area contributed by atoms with Crippen molar-refractivity contribution >= 4 is 0 Å². The van der Waals surface area contributed by atoms with Crippen molar-refractivity contribution in [2.75, 3.05) is 20.6 Å². The third kappa shape index (κ3) is 5.76.